The molecule has 0 amide bonds. The standard InChI is InChI=1S/C28H27N3O2S/c1-4-32-22-12-9-20(10-13-22)24-14-15-25(33-24)27-26(23-7-5-6-16-29-23)30-28(34)31(27)21-11-8-18(2)19(3)17-21/h5-17,26-27H,4H2,1-3H3,(H,30,34). The van der Waals surface area contributed by atoms with Crippen LogP contribution < -0.4 is 15.0 Å². The SMILES string of the molecule is CCOc1ccc(-c2ccc(C3C(c4ccccn4)NC(=S)N3c3ccc(C)c(C)c3)o2)cc1. The van der Waals surface area contributed by atoms with Gasteiger partial charge in [0.15, 0.2) is 5.11 Å². The number of thiocarbonyl (C=S) groups is 1. The van der Waals surface area contributed by atoms with Crippen molar-refractivity contribution in [3.63, 3.8) is 0 Å². The molecule has 0 saturated carbocycles. The molecule has 2 atom stereocenters. The first-order chi connectivity index (χ1) is 16.5. The van der Waals surface area contributed by atoms with Crippen LogP contribution in [0.4, 0.5) is 5.69 Å². The van der Waals surface area contributed by atoms with Gasteiger partial charge in [-0.05, 0) is 105 Å². The monoisotopic (exact) mass is 469 g/mol. The van der Waals surface area contributed by atoms with Gasteiger partial charge < -0.3 is 19.4 Å². The molecule has 1 fully saturated rings. The lowest BCUT2D eigenvalue weighted by Gasteiger charge is -2.26. The molecular formula is C28H27N3O2S. The summed E-state index contributed by atoms with van der Waals surface area (Å²) in [6.07, 6.45) is 1.81. The predicted octanol–water partition coefficient (Wildman–Crippen LogP) is 6.53. The maximum absolute atomic E-state index is 6.45. The zero-order valence-corrected chi connectivity index (χ0v) is 20.3. The third kappa shape index (κ3) is 4.17. The number of pyridine rings is 1. The quantitative estimate of drug-likeness (QED) is 0.324. The van der Waals surface area contributed by atoms with E-state index in [1.807, 2.05) is 67.7 Å². The second-order valence-electron chi connectivity index (χ2n) is 8.42. The van der Waals surface area contributed by atoms with Gasteiger partial charge in [0.2, 0.25) is 0 Å². The molecular weight excluding hydrogens is 442 g/mol. The molecule has 172 valence electrons. The fraction of sp³-hybridized carbons (Fsp3) is 0.214. The number of rotatable bonds is 6. The smallest absolute Gasteiger partial charge is 0.174 e. The van der Waals surface area contributed by atoms with Crippen LogP contribution in [0.1, 0.15) is 41.6 Å². The van der Waals surface area contributed by atoms with Gasteiger partial charge in [0.25, 0.3) is 0 Å². The molecule has 0 aliphatic carbocycles. The summed E-state index contributed by atoms with van der Waals surface area (Å²) < 4.78 is 12.0. The lowest BCUT2D eigenvalue weighted by atomic mass is 10.0. The summed E-state index contributed by atoms with van der Waals surface area (Å²) >= 11 is 5.82. The van der Waals surface area contributed by atoms with E-state index in [0.717, 1.165) is 34.2 Å². The first-order valence-electron chi connectivity index (χ1n) is 11.5. The van der Waals surface area contributed by atoms with Crippen LogP contribution in [0.2, 0.25) is 0 Å². The fourth-order valence-corrected chi connectivity index (χ4v) is 4.69. The zero-order valence-electron chi connectivity index (χ0n) is 19.5. The second-order valence-corrected chi connectivity index (χ2v) is 8.81. The van der Waals surface area contributed by atoms with Crippen LogP contribution in [0.5, 0.6) is 5.75 Å². The summed E-state index contributed by atoms with van der Waals surface area (Å²) in [5, 5.41) is 4.15. The van der Waals surface area contributed by atoms with Crippen molar-refractivity contribution in [3.05, 3.63) is 102 Å². The topological polar surface area (TPSA) is 50.5 Å². The van der Waals surface area contributed by atoms with Crippen LogP contribution in [-0.4, -0.2) is 16.7 Å². The number of benzene rings is 2. The van der Waals surface area contributed by atoms with Crippen LogP contribution in [-0.2, 0) is 0 Å². The van der Waals surface area contributed by atoms with E-state index in [4.69, 9.17) is 21.4 Å². The molecule has 0 spiro atoms. The summed E-state index contributed by atoms with van der Waals surface area (Å²) in [4.78, 5) is 6.76. The number of aromatic nitrogens is 1. The van der Waals surface area contributed by atoms with E-state index < -0.39 is 0 Å². The van der Waals surface area contributed by atoms with Crippen molar-refractivity contribution >= 4 is 23.0 Å². The number of nitrogens with one attached hydrogen (secondary N) is 1. The van der Waals surface area contributed by atoms with Crippen molar-refractivity contribution in [1.82, 2.24) is 10.3 Å². The number of hydrogen-bond donors (Lipinski definition) is 1. The van der Waals surface area contributed by atoms with Gasteiger partial charge >= 0.3 is 0 Å². The third-order valence-corrected chi connectivity index (χ3v) is 6.55. The minimum Gasteiger partial charge on any atom is -0.494 e. The van der Waals surface area contributed by atoms with Crippen molar-refractivity contribution in [2.75, 3.05) is 11.5 Å². The highest BCUT2D eigenvalue weighted by Gasteiger charge is 2.42. The summed E-state index contributed by atoms with van der Waals surface area (Å²) in [5.74, 6) is 2.47. The van der Waals surface area contributed by atoms with E-state index in [1.165, 1.54) is 11.1 Å². The van der Waals surface area contributed by atoms with Gasteiger partial charge in [-0.2, -0.15) is 0 Å². The molecule has 2 aromatic heterocycles. The van der Waals surface area contributed by atoms with Crippen molar-refractivity contribution in [2.24, 2.45) is 0 Å². The first-order valence-corrected chi connectivity index (χ1v) is 11.9. The van der Waals surface area contributed by atoms with Crippen LogP contribution in [0.25, 0.3) is 11.3 Å². The normalized spacial score (nSPS) is 17.6. The van der Waals surface area contributed by atoms with Gasteiger partial charge in [-0.25, -0.2) is 0 Å². The molecule has 4 aromatic rings. The van der Waals surface area contributed by atoms with Crippen LogP contribution in [0.3, 0.4) is 0 Å². The Hall–Kier alpha value is -3.64. The molecule has 5 nitrogen and oxygen atoms in total. The molecule has 1 saturated heterocycles. The van der Waals surface area contributed by atoms with Gasteiger partial charge in [-0.3, -0.25) is 4.98 Å². The molecule has 1 N–H and O–H groups in total. The van der Waals surface area contributed by atoms with Crippen LogP contribution in [0, 0.1) is 13.8 Å². The maximum atomic E-state index is 6.45. The number of nitrogens with zero attached hydrogens (tertiary/aromatic N) is 2. The number of hydrogen-bond acceptors (Lipinski definition) is 4. The van der Waals surface area contributed by atoms with E-state index in [0.29, 0.717) is 11.7 Å². The largest absolute Gasteiger partial charge is 0.494 e. The third-order valence-electron chi connectivity index (χ3n) is 6.23. The molecule has 2 aromatic carbocycles. The molecule has 1 aliphatic heterocycles. The van der Waals surface area contributed by atoms with Gasteiger partial charge in [0, 0.05) is 17.4 Å². The fourth-order valence-electron chi connectivity index (χ4n) is 4.35. The van der Waals surface area contributed by atoms with Crippen LogP contribution in [0.15, 0.2) is 83.4 Å². The second kappa shape index (κ2) is 9.31. The first kappa shape index (κ1) is 22.2. The highest BCUT2D eigenvalue weighted by molar-refractivity contribution is 7.80. The zero-order chi connectivity index (χ0) is 23.7. The Morgan fingerprint density at radius 1 is 1.00 bits per heavy atom. The maximum Gasteiger partial charge on any atom is 0.174 e. The summed E-state index contributed by atoms with van der Waals surface area (Å²) in [6.45, 7) is 6.85. The lowest BCUT2D eigenvalue weighted by Crippen LogP contribution is -2.29. The summed E-state index contributed by atoms with van der Waals surface area (Å²) in [5.41, 5.74) is 5.41. The lowest BCUT2D eigenvalue weighted by molar-refractivity contribution is 0.340. The highest BCUT2D eigenvalue weighted by atomic mass is 32.1. The summed E-state index contributed by atoms with van der Waals surface area (Å²) in [7, 11) is 0. The van der Waals surface area contributed by atoms with Gasteiger partial charge in [-0.15, -0.1) is 0 Å². The minimum atomic E-state index is -0.180. The van der Waals surface area contributed by atoms with Crippen molar-refractivity contribution < 1.29 is 9.15 Å². The Kier molecular flexibility index (Phi) is 6.07. The Balaban J connectivity index is 1.55. The van der Waals surface area contributed by atoms with Crippen LogP contribution >= 0.6 is 12.2 Å². The highest BCUT2D eigenvalue weighted by Crippen LogP contribution is 2.43. The number of furan rings is 1. The Bertz CT molecular complexity index is 1300. The Morgan fingerprint density at radius 2 is 1.82 bits per heavy atom. The van der Waals surface area contributed by atoms with Crippen molar-refractivity contribution in [2.45, 2.75) is 32.9 Å². The van der Waals surface area contributed by atoms with E-state index in [-0.39, 0.29) is 12.1 Å². The van der Waals surface area contributed by atoms with Gasteiger partial charge in [0.1, 0.15) is 23.3 Å². The van der Waals surface area contributed by atoms with E-state index in [1.54, 1.807) is 0 Å². The Morgan fingerprint density at radius 3 is 2.53 bits per heavy atom. The average Bonchev–Trinajstić information content (AvgIpc) is 3.47. The molecule has 6 heteroatoms. The predicted molar refractivity (Wildman–Crippen MR) is 139 cm³/mol. The molecule has 3 heterocycles. The number of aryl methyl sites for hydroxylation is 2. The Labute approximate surface area is 205 Å². The van der Waals surface area contributed by atoms with Crippen molar-refractivity contribution in [3.8, 4) is 17.1 Å². The number of ether oxygens (including phenoxy) is 1. The molecule has 0 bridgehead atoms. The average molecular weight is 470 g/mol. The molecule has 1 aliphatic rings. The molecule has 5 rings (SSSR count). The van der Waals surface area contributed by atoms with E-state index in [2.05, 4.69) is 47.2 Å². The van der Waals surface area contributed by atoms with Crippen molar-refractivity contribution in [1.29, 1.82) is 0 Å². The van der Waals surface area contributed by atoms with E-state index >= 15 is 0 Å². The van der Waals surface area contributed by atoms with Gasteiger partial charge in [-0.1, -0.05) is 12.1 Å². The van der Waals surface area contributed by atoms with E-state index in [9.17, 15) is 0 Å². The summed E-state index contributed by atoms with van der Waals surface area (Å²) in [6, 6.07) is 24.0. The number of anilines is 1. The molecule has 34 heavy (non-hydrogen) atoms. The molecule has 0 radical (unpaired) electrons. The van der Waals surface area contributed by atoms with Gasteiger partial charge in [0.05, 0.1) is 18.3 Å². The minimum absolute atomic E-state index is 0.144. The molecule has 2 unspecified atom stereocenters.